The zero-order valence-corrected chi connectivity index (χ0v) is 18.9. The van der Waals surface area contributed by atoms with E-state index in [9.17, 15) is 9.18 Å². The Kier molecular flexibility index (Phi) is 5.67. The molecule has 0 radical (unpaired) electrons. The molecule has 7 heteroatoms. The SMILES string of the molecule is Cc1cccc(F)c1-c1cc(N[C@H]2CCN(C(=O)OC(C)(C)C)C2)c2cc(N)ncc2c1. The molecule has 1 fully saturated rings. The number of hydrogen-bond donors (Lipinski definition) is 2. The summed E-state index contributed by atoms with van der Waals surface area (Å²) in [6.45, 7) is 8.61. The van der Waals surface area contributed by atoms with Crippen LogP contribution in [0.4, 0.5) is 20.7 Å². The van der Waals surface area contributed by atoms with Crippen LogP contribution in [0, 0.1) is 12.7 Å². The molecule has 0 spiro atoms. The number of benzene rings is 2. The molecule has 6 nitrogen and oxygen atoms in total. The molecule has 3 aromatic rings. The van der Waals surface area contributed by atoms with Crippen molar-refractivity contribution in [3.8, 4) is 11.1 Å². The quantitative estimate of drug-likeness (QED) is 0.578. The van der Waals surface area contributed by atoms with Crippen LogP contribution in [0.15, 0.2) is 42.6 Å². The van der Waals surface area contributed by atoms with Crippen LogP contribution in [-0.2, 0) is 4.74 Å². The molecule has 168 valence electrons. The minimum Gasteiger partial charge on any atom is -0.444 e. The topological polar surface area (TPSA) is 80.5 Å². The number of nitrogens with zero attached hydrogens (tertiary/aromatic N) is 2. The van der Waals surface area contributed by atoms with Gasteiger partial charge in [0.15, 0.2) is 0 Å². The molecule has 0 bridgehead atoms. The Bertz CT molecular complexity index is 1150. The lowest BCUT2D eigenvalue weighted by Gasteiger charge is -2.24. The highest BCUT2D eigenvalue weighted by molar-refractivity contribution is 5.98. The van der Waals surface area contributed by atoms with Gasteiger partial charge in [-0.25, -0.2) is 14.2 Å². The number of nitrogens with one attached hydrogen (secondary N) is 1. The maximum Gasteiger partial charge on any atom is 0.410 e. The van der Waals surface area contributed by atoms with Crippen LogP contribution in [0.3, 0.4) is 0 Å². The molecule has 1 aromatic heterocycles. The number of nitrogen functional groups attached to an aromatic ring is 1. The fourth-order valence-corrected chi connectivity index (χ4v) is 4.12. The lowest BCUT2D eigenvalue weighted by molar-refractivity contribution is 0.0293. The highest BCUT2D eigenvalue weighted by atomic mass is 19.1. The highest BCUT2D eigenvalue weighted by Crippen LogP contribution is 2.35. The van der Waals surface area contributed by atoms with E-state index in [2.05, 4.69) is 10.3 Å². The van der Waals surface area contributed by atoms with Crippen molar-refractivity contribution in [3.05, 3.63) is 54.0 Å². The monoisotopic (exact) mass is 436 g/mol. The van der Waals surface area contributed by atoms with Crippen LogP contribution in [0.25, 0.3) is 21.9 Å². The van der Waals surface area contributed by atoms with Crippen LogP contribution >= 0.6 is 0 Å². The second-order valence-electron chi connectivity index (χ2n) is 9.34. The van der Waals surface area contributed by atoms with Gasteiger partial charge in [-0.15, -0.1) is 0 Å². The van der Waals surface area contributed by atoms with E-state index >= 15 is 0 Å². The highest BCUT2D eigenvalue weighted by Gasteiger charge is 2.30. The van der Waals surface area contributed by atoms with Crippen molar-refractivity contribution >= 4 is 28.4 Å². The first kappa shape index (κ1) is 21.9. The second-order valence-corrected chi connectivity index (χ2v) is 9.34. The number of aryl methyl sites for hydroxylation is 1. The Morgan fingerprint density at radius 2 is 2.06 bits per heavy atom. The van der Waals surface area contributed by atoms with Gasteiger partial charge in [-0.1, -0.05) is 12.1 Å². The number of carbonyl (C=O) groups is 1. The predicted molar refractivity (Wildman–Crippen MR) is 126 cm³/mol. The zero-order chi connectivity index (χ0) is 23.0. The van der Waals surface area contributed by atoms with Crippen molar-refractivity contribution in [1.82, 2.24) is 9.88 Å². The standard InChI is InChI=1S/C25H29FN4O2/c1-15-6-5-7-20(26)23(15)16-10-17-13-28-22(27)12-19(17)21(11-16)29-18-8-9-30(14-18)24(31)32-25(2,3)4/h5-7,10-13,18,29H,8-9,14H2,1-4H3,(H2,27,28)/t18-/m0/s1. The Morgan fingerprint density at radius 3 is 2.78 bits per heavy atom. The van der Waals surface area contributed by atoms with Gasteiger partial charge in [0.25, 0.3) is 0 Å². The van der Waals surface area contributed by atoms with Gasteiger partial charge in [0, 0.05) is 47.4 Å². The number of nitrogens with two attached hydrogens (primary N) is 1. The normalized spacial score (nSPS) is 16.4. The van der Waals surface area contributed by atoms with Crippen molar-refractivity contribution in [3.63, 3.8) is 0 Å². The summed E-state index contributed by atoms with van der Waals surface area (Å²) in [7, 11) is 0. The summed E-state index contributed by atoms with van der Waals surface area (Å²) in [6.07, 6.45) is 2.18. The first-order valence-electron chi connectivity index (χ1n) is 10.8. The van der Waals surface area contributed by atoms with Gasteiger partial charge >= 0.3 is 6.09 Å². The Morgan fingerprint density at radius 1 is 1.28 bits per heavy atom. The number of aromatic nitrogens is 1. The summed E-state index contributed by atoms with van der Waals surface area (Å²) in [5.41, 5.74) is 8.45. The lowest BCUT2D eigenvalue weighted by Crippen LogP contribution is -2.36. The Hall–Kier alpha value is -3.35. The average Bonchev–Trinajstić information content (AvgIpc) is 3.16. The van der Waals surface area contributed by atoms with Gasteiger partial charge in [0.2, 0.25) is 0 Å². The smallest absolute Gasteiger partial charge is 0.410 e. The maximum atomic E-state index is 14.7. The number of amides is 1. The van der Waals surface area contributed by atoms with Crippen LogP contribution in [0.5, 0.6) is 0 Å². The number of ether oxygens (including phenoxy) is 1. The van der Waals surface area contributed by atoms with E-state index in [1.165, 1.54) is 6.07 Å². The summed E-state index contributed by atoms with van der Waals surface area (Å²) in [5.74, 6) is 0.146. The molecule has 0 unspecified atom stereocenters. The molecule has 32 heavy (non-hydrogen) atoms. The number of halogens is 1. The lowest BCUT2D eigenvalue weighted by atomic mass is 9.96. The molecule has 1 saturated heterocycles. The van der Waals surface area contributed by atoms with E-state index < -0.39 is 5.60 Å². The maximum absolute atomic E-state index is 14.7. The Labute approximate surface area is 187 Å². The molecular formula is C25H29FN4O2. The zero-order valence-electron chi connectivity index (χ0n) is 18.9. The molecule has 1 aliphatic heterocycles. The fourth-order valence-electron chi connectivity index (χ4n) is 4.12. The van der Waals surface area contributed by atoms with E-state index in [1.54, 1.807) is 17.2 Å². The first-order valence-corrected chi connectivity index (χ1v) is 10.8. The minimum absolute atomic E-state index is 0.0390. The van der Waals surface area contributed by atoms with Crippen LogP contribution in [-0.4, -0.2) is 40.7 Å². The molecule has 2 aromatic carbocycles. The van der Waals surface area contributed by atoms with Crippen LogP contribution in [0.1, 0.15) is 32.8 Å². The Balaban J connectivity index is 1.66. The number of carbonyl (C=O) groups excluding carboxylic acids is 1. The van der Waals surface area contributed by atoms with Crippen molar-refractivity contribution in [2.75, 3.05) is 24.1 Å². The summed E-state index contributed by atoms with van der Waals surface area (Å²) in [4.78, 5) is 18.4. The van der Waals surface area contributed by atoms with Crippen LogP contribution in [0.2, 0.25) is 0 Å². The third-order valence-electron chi connectivity index (χ3n) is 5.57. The van der Waals surface area contributed by atoms with Gasteiger partial charge < -0.3 is 20.7 Å². The van der Waals surface area contributed by atoms with Crippen molar-refractivity contribution in [2.24, 2.45) is 0 Å². The number of fused-ring (bicyclic) bond motifs is 1. The molecule has 4 rings (SSSR count). The van der Waals surface area contributed by atoms with E-state index in [-0.39, 0.29) is 18.0 Å². The number of likely N-dealkylation sites (tertiary alicyclic amines) is 1. The van der Waals surface area contributed by atoms with E-state index in [1.807, 2.05) is 52.0 Å². The first-order chi connectivity index (χ1) is 15.1. The third-order valence-corrected chi connectivity index (χ3v) is 5.57. The largest absolute Gasteiger partial charge is 0.444 e. The van der Waals surface area contributed by atoms with E-state index in [4.69, 9.17) is 10.5 Å². The molecule has 2 heterocycles. The van der Waals surface area contributed by atoms with Crippen molar-refractivity contribution in [2.45, 2.75) is 45.8 Å². The van der Waals surface area contributed by atoms with Gasteiger partial charge in [0.1, 0.15) is 17.2 Å². The minimum atomic E-state index is -0.532. The molecular weight excluding hydrogens is 407 g/mol. The summed E-state index contributed by atoms with van der Waals surface area (Å²) < 4.78 is 20.2. The molecule has 1 atom stereocenters. The number of pyridine rings is 1. The van der Waals surface area contributed by atoms with Gasteiger partial charge in [-0.3, -0.25) is 0 Å². The molecule has 1 aliphatic rings. The molecule has 0 aliphatic carbocycles. The molecule has 1 amide bonds. The fraction of sp³-hybridized carbons (Fsp3) is 0.360. The van der Waals surface area contributed by atoms with E-state index in [0.29, 0.717) is 24.5 Å². The molecule has 3 N–H and O–H groups in total. The van der Waals surface area contributed by atoms with Crippen molar-refractivity contribution in [1.29, 1.82) is 0 Å². The number of anilines is 2. The van der Waals surface area contributed by atoms with Gasteiger partial charge in [-0.2, -0.15) is 0 Å². The van der Waals surface area contributed by atoms with Crippen LogP contribution < -0.4 is 11.1 Å². The average molecular weight is 437 g/mol. The summed E-state index contributed by atoms with van der Waals surface area (Å²) in [6, 6.07) is 10.8. The van der Waals surface area contributed by atoms with Gasteiger partial charge in [-0.05, 0) is 69.5 Å². The van der Waals surface area contributed by atoms with E-state index in [0.717, 1.165) is 34.0 Å². The van der Waals surface area contributed by atoms with Gasteiger partial charge in [0.05, 0.1) is 0 Å². The molecule has 0 saturated carbocycles. The third kappa shape index (κ3) is 4.61. The number of rotatable bonds is 3. The summed E-state index contributed by atoms with van der Waals surface area (Å²) in [5, 5.41) is 5.33. The summed E-state index contributed by atoms with van der Waals surface area (Å²) >= 11 is 0. The van der Waals surface area contributed by atoms with Crippen molar-refractivity contribution < 1.29 is 13.9 Å². The second kappa shape index (κ2) is 8.30. The number of hydrogen-bond acceptors (Lipinski definition) is 5. The predicted octanol–water partition coefficient (Wildman–Crippen LogP) is 5.35.